The van der Waals surface area contributed by atoms with E-state index in [9.17, 15) is 10.1 Å². The molecular formula is C14H18N6O3. The molecule has 0 amide bonds. The van der Waals surface area contributed by atoms with E-state index in [-0.39, 0.29) is 30.5 Å². The maximum Gasteiger partial charge on any atom is 0.353 e. The van der Waals surface area contributed by atoms with E-state index in [0.29, 0.717) is 12.4 Å². The highest BCUT2D eigenvalue weighted by Crippen LogP contribution is 2.32. The summed E-state index contributed by atoms with van der Waals surface area (Å²) in [5.41, 5.74) is 0.735. The maximum absolute atomic E-state index is 11.5. The van der Waals surface area contributed by atoms with E-state index in [2.05, 4.69) is 20.3 Å². The molecule has 9 heteroatoms. The van der Waals surface area contributed by atoms with Crippen LogP contribution in [-0.2, 0) is 0 Å². The molecule has 0 spiro atoms. The summed E-state index contributed by atoms with van der Waals surface area (Å²) in [5.74, 6) is 0.678. The highest BCUT2D eigenvalue weighted by Gasteiger charge is 2.26. The summed E-state index contributed by atoms with van der Waals surface area (Å²) in [6.45, 7) is 4.32. The van der Waals surface area contributed by atoms with Gasteiger partial charge in [0.25, 0.3) is 0 Å². The summed E-state index contributed by atoms with van der Waals surface area (Å²) in [5, 5.41) is 23.4. The molecule has 0 aliphatic carbocycles. The van der Waals surface area contributed by atoms with E-state index in [4.69, 9.17) is 5.11 Å². The molecule has 2 heterocycles. The highest BCUT2D eigenvalue weighted by molar-refractivity contribution is 5.73. The van der Waals surface area contributed by atoms with Crippen molar-refractivity contribution in [1.82, 2.24) is 15.0 Å². The third-order valence-corrected chi connectivity index (χ3v) is 3.19. The lowest BCUT2D eigenvalue weighted by molar-refractivity contribution is -0.383. The quantitative estimate of drug-likeness (QED) is 0.584. The predicted molar refractivity (Wildman–Crippen MR) is 85.9 cm³/mol. The smallest absolute Gasteiger partial charge is 0.353 e. The Bertz CT molecular complexity index is 677. The Morgan fingerprint density at radius 3 is 2.70 bits per heavy atom. The van der Waals surface area contributed by atoms with Gasteiger partial charge in [-0.2, -0.15) is 0 Å². The molecule has 2 aromatic heterocycles. The standard InChI is InChI=1S/C14H18N6O3/c1-3-19(6-7-21)14-12(20(22)23)13(16-9-17-14)18-11-5-4-10(2)8-15-11/h4-5,8-9,21H,3,6-7H2,1-2H3,(H,15,16,17,18). The maximum atomic E-state index is 11.5. The summed E-state index contributed by atoms with van der Waals surface area (Å²) in [7, 11) is 0. The Morgan fingerprint density at radius 1 is 1.35 bits per heavy atom. The zero-order valence-electron chi connectivity index (χ0n) is 12.9. The fourth-order valence-electron chi connectivity index (χ4n) is 2.06. The van der Waals surface area contributed by atoms with E-state index in [1.165, 1.54) is 6.33 Å². The number of nitrogens with zero attached hydrogens (tertiary/aromatic N) is 5. The van der Waals surface area contributed by atoms with Crippen LogP contribution in [0.25, 0.3) is 0 Å². The van der Waals surface area contributed by atoms with Gasteiger partial charge in [-0.15, -0.1) is 0 Å². The van der Waals surface area contributed by atoms with Crippen molar-refractivity contribution in [1.29, 1.82) is 0 Å². The Hall–Kier alpha value is -2.81. The zero-order chi connectivity index (χ0) is 16.8. The molecule has 0 fully saturated rings. The number of aromatic nitrogens is 3. The molecule has 9 nitrogen and oxygen atoms in total. The van der Waals surface area contributed by atoms with Gasteiger partial charge in [0.2, 0.25) is 11.6 Å². The van der Waals surface area contributed by atoms with E-state index in [0.717, 1.165) is 5.56 Å². The van der Waals surface area contributed by atoms with Crippen LogP contribution in [0.3, 0.4) is 0 Å². The van der Waals surface area contributed by atoms with Crippen LogP contribution in [0.2, 0.25) is 0 Å². The minimum Gasteiger partial charge on any atom is -0.395 e. The number of hydrogen-bond acceptors (Lipinski definition) is 8. The molecule has 0 aromatic carbocycles. The highest BCUT2D eigenvalue weighted by atomic mass is 16.6. The van der Waals surface area contributed by atoms with Gasteiger partial charge < -0.3 is 15.3 Å². The lowest BCUT2D eigenvalue weighted by atomic mass is 10.3. The van der Waals surface area contributed by atoms with Crippen molar-refractivity contribution in [2.24, 2.45) is 0 Å². The number of nitrogens with one attached hydrogen (secondary N) is 1. The Kier molecular flexibility index (Phi) is 5.36. The van der Waals surface area contributed by atoms with Crippen LogP contribution in [0.1, 0.15) is 12.5 Å². The molecule has 0 aliphatic rings. The summed E-state index contributed by atoms with van der Waals surface area (Å²) in [6.07, 6.45) is 2.90. The molecule has 2 aromatic rings. The number of nitro groups is 1. The van der Waals surface area contributed by atoms with Crippen molar-refractivity contribution in [3.63, 3.8) is 0 Å². The van der Waals surface area contributed by atoms with E-state index in [1.54, 1.807) is 17.2 Å². The van der Waals surface area contributed by atoms with Gasteiger partial charge in [-0.25, -0.2) is 15.0 Å². The third-order valence-electron chi connectivity index (χ3n) is 3.19. The molecule has 2 rings (SSSR count). The summed E-state index contributed by atoms with van der Waals surface area (Å²) >= 11 is 0. The topological polar surface area (TPSA) is 117 Å². The van der Waals surface area contributed by atoms with E-state index >= 15 is 0 Å². The fraction of sp³-hybridized carbons (Fsp3) is 0.357. The zero-order valence-corrected chi connectivity index (χ0v) is 12.9. The monoisotopic (exact) mass is 318 g/mol. The first-order chi connectivity index (χ1) is 11.1. The Labute approximate surface area is 133 Å². The number of hydrogen-bond donors (Lipinski definition) is 2. The molecule has 122 valence electrons. The number of anilines is 3. The van der Waals surface area contributed by atoms with Gasteiger partial charge in [-0.1, -0.05) is 6.07 Å². The van der Waals surface area contributed by atoms with Crippen LogP contribution in [-0.4, -0.2) is 44.7 Å². The molecule has 0 radical (unpaired) electrons. The van der Waals surface area contributed by atoms with E-state index < -0.39 is 4.92 Å². The van der Waals surface area contributed by atoms with Crippen molar-refractivity contribution in [3.8, 4) is 0 Å². The molecule has 0 atom stereocenters. The normalized spacial score (nSPS) is 10.4. The number of aryl methyl sites for hydroxylation is 1. The van der Waals surface area contributed by atoms with E-state index in [1.807, 2.05) is 19.9 Å². The van der Waals surface area contributed by atoms with Crippen molar-refractivity contribution in [2.75, 3.05) is 29.9 Å². The summed E-state index contributed by atoms with van der Waals surface area (Å²) < 4.78 is 0. The van der Waals surface area contributed by atoms with Gasteiger partial charge in [0.1, 0.15) is 12.1 Å². The van der Waals surface area contributed by atoms with Crippen molar-refractivity contribution in [2.45, 2.75) is 13.8 Å². The van der Waals surface area contributed by atoms with Crippen LogP contribution in [0, 0.1) is 17.0 Å². The number of pyridine rings is 1. The second kappa shape index (κ2) is 7.45. The molecule has 0 aliphatic heterocycles. The molecule has 0 bridgehead atoms. The second-order valence-corrected chi connectivity index (χ2v) is 4.80. The lowest BCUT2D eigenvalue weighted by Gasteiger charge is -2.20. The first kappa shape index (κ1) is 16.6. The van der Waals surface area contributed by atoms with Crippen LogP contribution in [0.15, 0.2) is 24.7 Å². The largest absolute Gasteiger partial charge is 0.395 e. The van der Waals surface area contributed by atoms with Gasteiger partial charge in [0.05, 0.1) is 11.5 Å². The van der Waals surface area contributed by atoms with Gasteiger partial charge in [-0.05, 0) is 25.5 Å². The molecule has 2 N–H and O–H groups in total. The minimum absolute atomic E-state index is 0.0627. The average Bonchev–Trinajstić information content (AvgIpc) is 2.54. The number of aliphatic hydroxyl groups excluding tert-OH is 1. The van der Waals surface area contributed by atoms with Crippen LogP contribution < -0.4 is 10.2 Å². The number of likely N-dealkylation sites (N-methyl/N-ethyl adjacent to an activating group) is 1. The lowest BCUT2D eigenvalue weighted by Crippen LogP contribution is -2.28. The number of aliphatic hydroxyl groups is 1. The van der Waals surface area contributed by atoms with Crippen LogP contribution >= 0.6 is 0 Å². The van der Waals surface area contributed by atoms with Crippen LogP contribution in [0.5, 0.6) is 0 Å². The van der Waals surface area contributed by atoms with Gasteiger partial charge in [0, 0.05) is 19.3 Å². The predicted octanol–water partition coefficient (Wildman–Crippen LogP) is 1.65. The first-order valence-corrected chi connectivity index (χ1v) is 7.11. The molecule has 23 heavy (non-hydrogen) atoms. The molecule has 0 saturated carbocycles. The fourth-order valence-corrected chi connectivity index (χ4v) is 2.06. The number of rotatable bonds is 7. The summed E-state index contributed by atoms with van der Waals surface area (Å²) in [4.78, 5) is 24.7. The average molecular weight is 318 g/mol. The van der Waals surface area contributed by atoms with Crippen molar-refractivity contribution >= 4 is 23.1 Å². The SMILES string of the molecule is CCN(CCO)c1ncnc(Nc2ccc(C)cn2)c1[N+](=O)[O-]. The van der Waals surface area contributed by atoms with Crippen LogP contribution in [0.4, 0.5) is 23.1 Å². The van der Waals surface area contributed by atoms with Gasteiger partial charge >= 0.3 is 5.69 Å². The first-order valence-electron chi connectivity index (χ1n) is 7.11. The Morgan fingerprint density at radius 2 is 2.13 bits per heavy atom. The third kappa shape index (κ3) is 3.89. The second-order valence-electron chi connectivity index (χ2n) is 4.80. The molecule has 0 unspecified atom stereocenters. The van der Waals surface area contributed by atoms with Gasteiger partial charge in [-0.3, -0.25) is 10.1 Å². The Balaban J connectivity index is 2.43. The van der Waals surface area contributed by atoms with Crippen molar-refractivity contribution < 1.29 is 10.0 Å². The summed E-state index contributed by atoms with van der Waals surface area (Å²) in [6, 6.07) is 3.56. The molecular weight excluding hydrogens is 300 g/mol. The minimum atomic E-state index is -0.536. The van der Waals surface area contributed by atoms with Gasteiger partial charge in [0.15, 0.2) is 0 Å². The molecule has 0 saturated heterocycles. The van der Waals surface area contributed by atoms with Crippen molar-refractivity contribution in [3.05, 3.63) is 40.3 Å².